The van der Waals surface area contributed by atoms with E-state index in [0.29, 0.717) is 19.6 Å². The number of hydrogen-bond acceptors (Lipinski definition) is 3. The van der Waals surface area contributed by atoms with E-state index in [2.05, 4.69) is 0 Å². The highest BCUT2D eigenvalue weighted by molar-refractivity contribution is 5.66. The van der Waals surface area contributed by atoms with Crippen molar-refractivity contribution in [3.8, 4) is 11.5 Å². The fourth-order valence-electron chi connectivity index (χ4n) is 2.14. The van der Waals surface area contributed by atoms with E-state index < -0.39 is 5.97 Å². The van der Waals surface area contributed by atoms with Gasteiger partial charge < -0.3 is 14.6 Å². The van der Waals surface area contributed by atoms with Gasteiger partial charge in [-0.05, 0) is 37.0 Å². The molecule has 0 spiro atoms. The molecule has 0 aliphatic rings. The number of carboxylic acids is 1. The molecular formula is C19H22O4. The summed E-state index contributed by atoms with van der Waals surface area (Å²) < 4.78 is 11.4. The molecule has 0 radical (unpaired) electrons. The molecule has 0 atom stereocenters. The van der Waals surface area contributed by atoms with E-state index in [1.165, 1.54) is 0 Å². The van der Waals surface area contributed by atoms with Crippen molar-refractivity contribution in [2.24, 2.45) is 0 Å². The van der Waals surface area contributed by atoms with Crippen LogP contribution in [0.3, 0.4) is 0 Å². The Morgan fingerprint density at radius 3 is 2.35 bits per heavy atom. The Bertz CT molecular complexity index is 595. The van der Waals surface area contributed by atoms with Gasteiger partial charge in [0.1, 0.15) is 18.1 Å². The molecule has 0 saturated carbocycles. The normalized spacial score (nSPS) is 10.3. The van der Waals surface area contributed by atoms with Crippen molar-refractivity contribution in [1.29, 1.82) is 0 Å². The largest absolute Gasteiger partial charge is 0.493 e. The van der Waals surface area contributed by atoms with E-state index >= 15 is 0 Å². The van der Waals surface area contributed by atoms with Crippen LogP contribution in [0.25, 0.3) is 0 Å². The van der Waals surface area contributed by atoms with Gasteiger partial charge in [-0.3, -0.25) is 4.79 Å². The predicted octanol–water partition coefficient (Wildman–Crippen LogP) is 4.29. The minimum Gasteiger partial charge on any atom is -0.493 e. The maximum atomic E-state index is 10.4. The summed E-state index contributed by atoms with van der Waals surface area (Å²) >= 11 is 0. The average Bonchev–Trinajstić information content (AvgIpc) is 2.57. The third-order valence-electron chi connectivity index (χ3n) is 3.36. The van der Waals surface area contributed by atoms with Crippen LogP contribution in [-0.4, -0.2) is 17.7 Å². The van der Waals surface area contributed by atoms with Gasteiger partial charge in [0.05, 0.1) is 6.61 Å². The van der Waals surface area contributed by atoms with E-state index in [9.17, 15) is 4.79 Å². The van der Waals surface area contributed by atoms with Gasteiger partial charge in [-0.25, -0.2) is 0 Å². The van der Waals surface area contributed by atoms with Gasteiger partial charge in [0.15, 0.2) is 0 Å². The Kier molecular flexibility index (Phi) is 6.98. The van der Waals surface area contributed by atoms with Gasteiger partial charge in [-0.2, -0.15) is 0 Å². The molecule has 2 rings (SSSR count). The van der Waals surface area contributed by atoms with Crippen LogP contribution >= 0.6 is 0 Å². The summed E-state index contributed by atoms with van der Waals surface area (Å²) in [7, 11) is 0. The van der Waals surface area contributed by atoms with Crippen LogP contribution < -0.4 is 9.47 Å². The molecule has 0 fully saturated rings. The molecule has 0 bridgehead atoms. The topological polar surface area (TPSA) is 55.8 Å². The smallest absolute Gasteiger partial charge is 0.303 e. The number of aliphatic carboxylic acids is 1. The molecule has 122 valence electrons. The Morgan fingerprint density at radius 2 is 1.61 bits per heavy atom. The third-order valence-corrected chi connectivity index (χ3v) is 3.36. The first-order valence-electron chi connectivity index (χ1n) is 7.85. The molecule has 0 aromatic heterocycles. The van der Waals surface area contributed by atoms with E-state index in [1.54, 1.807) is 0 Å². The monoisotopic (exact) mass is 314 g/mol. The summed E-state index contributed by atoms with van der Waals surface area (Å²) in [6.07, 6.45) is 2.63. The fourth-order valence-corrected chi connectivity index (χ4v) is 2.14. The van der Waals surface area contributed by atoms with Crippen molar-refractivity contribution in [2.75, 3.05) is 6.61 Å². The molecule has 4 nitrogen and oxygen atoms in total. The maximum Gasteiger partial charge on any atom is 0.303 e. The molecule has 1 N–H and O–H groups in total. The summed E-state index contributed by atoms with van der Waals surface area (Å²) in [6.45, 7) is 1.11. The summed E-state index contributed by atoms with van der Waals surface area (Å²) in [5.41, 5.74) is 1.12. The van der Waals surface area contributed by atoms with E-state index in [-0.39, 0.29) is 6.42 Å². The van der Waals surface area contributed by atoms with Crippen molar-refractivity contribution < 1.29 is 19.4 Å². The lowest BCUT2D eigenvalue weighted by Gasteiger charge is -2.09. The van der Waals surface area contributed by atoms with E-state index in [4.69, 9.17) is 14.6 Å². The number of rotatable bonds is 10. The lowest BCUT2D eigenvalue weighted by atomic mass is 10.2. The second-order valence-electron chi connectivity index (χ2n) is 5.30. The molecule has 2 aromatic rings. The van der Waals surface area contributed by atoms with Crippen molar-refractivity contribution in [1.82, 2.24) is 0 Å². The molecule has 0 amide bonds. The molecule has 0 saturated heterocycles. The summed E-state index contributed by atoms with van der Waals surface area (Å²) in [5.74, 6) is 0.806. The van der Waals surface area contributed by atoms with Crippen molar-refractivity contribution >= 4 is 5.97 Å². The zero-order valence-electron chi connectivity index (χ0n) is 13.1. The van der Waals surface area contributed by atoms with Gasteiger partial charge in [0.2, 0.25) is 0 Å². The molecule has 2 aromatic carbocycles. The molecule has 23 heavy (non-hydrogen) atoms. The number of hydrogen-bond donors (Lipinski definition) is 1. The molecule has 0 unspecified atom stereocenters. The maximum absolute atomic E-state index is 10.4. The van der Waals surface area contributed by atoms with Gasteiger partial charge in [-0.1, -0.05) is 36.4 Å². The quantitative estimate of drug-likeness (QED) is 0.665. The van der Waals surface area contributed by atoms with Gasteiger partial charge in [0, 0.05) is 12.5 Å². The fraction of sp³-hybridized carbons (Fsp3) is 0.316. The van der Waals surface area contributed by atoms with Crippen LogP contribution in [-0.2, 0) is 11.4 Å². The zero-order valence-corrected chi connectivity index (χ0v) is 13.1. The second kappa shape index (κ2) is 9.51. The predicted molar refractivity (Wildman–Crippen MR) is 88.8 cm³/mol. The number of carboxylic acid groups (broad SMARTS) is 1. The first-order valence-corrected chi connectivity index (χ1v) is 7.85. The lowest BCUT2D eigenvalue weighted by Crippen LogP contribution is -2.00. The van der Waals surface area contributed by atoms with Crippen LogP contribution in [0.15, 0.2) is 54.6 Å². The lowest BCUT2D eigenvalue weighted by molar-refractivity contribution is -0.137. The Morgan fingerprint density at radius 1 is 0.870 bits per heavy atom. The summed E-state index contributed by atoms with van der Waals surface area (Å²) in [6, 6.07) is 17.6. The third kappa shape index (κ3) is 6.87. The van der Waals surface area contributed by atoms with E-state index in [1.807, 2.05) is 54.6 Å². The minimum absolute atomic E-state index is 0.225. The number of carbonyl (C=O) groups is 1. The van der Waals surface area contributed by atoms with Crippen LogP contribution in [0.4, 0.5) is 0 Å². The Hall–Kier alpha value is -2.49. The second-order valence-corrected chi connectivity index (χ2v) is 5.30. The molecule has 0 heterocycles. The number of benzene rings is 2. The SMILES string of the molecule is O=C(O)CCCCCOc1cccc(OCc2ccccc2)c1. The van der Waals surface area contributed by atoms with Crippen molar-refractivity contribution in [3.05, 3.63) is 60.2 Å². The number of unbranched alkanes of at least 4 members (excludes halogenated alkanes) is 2. The number of ether oxygens (including phenoxy) is 2. The Balaban J connectivity index is 1.71. The molecule has 0 aliphatic carbocycles. The highest BCUT2D eigenvalue weighted by atomic mass is 16.5. The van der Waals surface area contributed by atoms with Crippen LogP contribution in [0.2, 0.25) is 0 Å². The highest BCUT2D eigenvalue weighted by Gasteiger charge is 2.00. The summed E-state index contributed by atoms with van der Waals surface area (Å²) in [5, 5.41) is 8.57. The van der Waals surface area contributed by atoms with Crippen LogP contribution in [0, 0.1) is 0 Å². The summed E-state index contributed by atoms with van der Waals surface area (Å²) in [4.78, 5) is 10.4. The van der Waals surface area contributed by atoms with Crippen LogP contribution in [0.1, 0.15) is 31.2 Å². The van der Waals surface area contributed by atoms with Crippen LogP contribution in [0.5, 0.6) is 11.5 Å². The molecule has 0 aliphatic heterocycles. The van der Waals surface area contributed by atoms with Gasteiger partial charge >= 0.3 is 5.97 Å². The van der Waals surface area contributed by atoms with Gasteiger partial charge in [0.25, 0.3) is 0 Å². The van der Waals surface area contributed by atoms with Crippen molar-refractivity contribution in [2.45, 2.75) is 32.3 Å². The van der Waals surface area contributed by atoms with Gasteiger partial charge in [-0.15, -0.1) is 0 Å². The molecular weight excluding hydrogens is 292 g/mol. The first kappa shape index (κ1) is 16.9. The minimum atomic E-state index is -0.741. The highest BCUT2D eigenvalue weighted by Crippen LogP contribution is 2.20. The first-order chi connectivity index (χ1) is 11.2. The Labute approximate surface area is 136 Å². The van der Waals surface area contributed by atoms with Crippen molar-refractivity contribution in [3.63, 3.8) is 0 Å². The molecule has 4 heteroatoms. The standard InChI is InChI=1S/C19H22O4/c20-19(21)12-5-2-6-13-22-17-10-7-11-18(14-17)23-15-16-8-3-1-4-9-16/h1,3-4,7-11,14H,2,5-6,12-13,15H2,(H,20,21). The zero-order chi connectivity index (χ0) is 16.3. The average molecular weight is 314 g/mol. The van der Waals surface area contributed by atoms with E-state index in [0.717, 1.165) is 29.9 Å².